The number of aliphatic carboxylic acids is 1. The first kappa shape index (κ1) is 26.0. The molecule has 3 N–H and O–H groups in total. The van der Waals surface area contributed by atoms with Crippen molar-refractivity contribution in [2.45, 2.75) is 57.2 Å². The van der Waals surface area contributed by atoms with Crippen LogP contribution >= 0.6 is 0 Å². The Hall–Kier alpha value is -3.63. The number of rotatable bonds is 11. The zero-order valence-corrected chi connectivity index (χ0v) is 19.5. The molecule has 35 heavy (non-hydrogen) atoms. The maximum Gasteiger partial charge on any atom is 0.339 e. The Balaban J connectivity index is 1.80. The van der Waals surface area contributed by atoms with Gasteiger partial charge in [-0.25, -0.2) is 4.79 Å². The number of carbonyl (C=O) groups excluding carboxylic acids is 1. The van der Waals surface area contributed by atoms with Crippen LogP contribution < -0.4 is 0 Å². The van der Waals surface area contributed by atoms with Crippen molar-refractivity contribution < 1.29 is 29.6 Å². The van der Waals surface area contributed by atoms with Crippen LogP contribution in [0, 0.1) is 23.2 Å². The van der Waals surface area contributed by atoms with Crippen molar-refractivity contribution in [1.29, 1.82) is 5.26 Å². The summed E-state index contributed by atoms with van der Waals surface area (Å²) in [5, 5.41) is 39.4. The summed E-state index contributed by atoms with van der Waals surface area (Å²) in [6.07, 6.45) is 2.82. The molecule has 7 heteroatoms. The molecule has 1 aliphatic rings. The molecule has 1 aliphatic carbocycles. The van der Waals surface area contributed by atoms with Crippen LogP contribution in [0.4, 0.5) is 0 Å². The number of carboxylic acid groups (broad SMARTS) is 1. The van der Waals surface area contributed by atoms with Gasteiger partial charge < -0.3 is 20.1 Å². The largest absolute Gasteiger partial charge is 0.512 e. The van der Waals surface area contributed by atoms with Crippen molar-refractivity contribution in [3.8, 4) is 17.2 Å². The summed E-state index contributed by atoms with van der Waals surface area (Å²) >= 11 is 0. The lowest BCUT2D eigenvalue weighted by Crippen LogP contribution is -2.29. The first-order valence-corrected chi connectivity index (χ1v) is 11.9. The Labute approximate surface area is 205 Å². The number of nitrogens with zero attached hydrogens (tertiary/aromatic N) is 1. The van der Waals surface area contributed by atoms with Crippen LogP contribution in [0.2, 0.25) is 0 Å². The van der Waals surface area contributed by atoms with Crippen LogP contribution in [0.5, 0.6) is 0 Å². The van der Waals surface area contributed by atoms with Crippen LogP contribution in [0.25, 0.3) is 11.1 Å². The molecule has 3 rings (SSSR count). The molecule has 0 heterocycles. The van der Waals surface area contributed by atoms with Crippen LogP contribution in [-0.4, -0.2) is 39.5 Å². The van der Waals surface area contributed by atoms with Gasteiger partial charge in [-0.05, 0) is 42.5 Å². The molecule has 0 aromatic heterocycles. The van der Waals surface area contributed by atoms with E-state index in [1.165, 1.54) is 0 Å². The van der Waals surface area contributed by atoms with Gasteiger partial charge >= 0.3 is 11.9 Å². The number of esters is 1. The maximum absolute atomic E-state index is 13.2. The van der Waals surface area contributed by atoms with Gasteiger partial charge in [0.15, 0.2) is 0 Å². The second kappa shape index (κ2) is 12.7. The molecule has 184 valence electrons. The number of nitriles is 1. The minimum atomic E-state index is -1.09. The van der Waals surface area contributed by atoms with Crippen LogP contribution in [-0.2, 0) is 9.53 Å². The van der Waals surface area contributed by atoms with E-state index < -0.39 is 36.0 Å². The minimum Gasteiger partial charge on any atom is -0.512 e. The molecule has 0 saturated heterocycles. The van der Waals surface area contributed by atoms with Crippen molar-refractivity contribution in [1.82, 2.24) is 0 Å². The predicted octanol–water partition coefficient (Wildman–Crippen LogP) is 5.27. The predicted molar refractivity (Wildman–Crippen MR) is 130 cm³/mol. The van der Waals surface area contributed by atoms with Crippen LogP contribution in [0.1, 0.15) is 55.3 Å². The summed E-state index contributed by atoms with van der Waals surface area (Å²) in [6.45, 7) is 0. The standard InChI is InChI=1S/C28H31NO6/c29-16-10-3-1-2-7-15-23(30)27-22(17-26(32)33)24(31)18-25(27)35-28(34)21-14-9-8-13-20(21)19-11-5-4-6-12-19/h4-6,8-9,11-15,22,24-25,27,30-31H,1-3,7,10,17-18H2,(H,32,33)/t22-,24-,25+,27-/m1/s1. The normalized spacial score (nSPS) is 21.9. The Morgan fingerprint density at radius 1 is 1.03 bits per heavy atom. The number of carboxylic acids is 1. The lowest BCUT2D eigenvalue weighted by molar-refractivity contribution is -0.139. The first-order valence-electron chi connectivity index (χ1n) is 11.9. The summed E-state index contributed by atoms with van der Waals surface area (Å²) in [5.41, 5.74) is 1.91. The van der Waals surface area contributed by atoms with Gasteiger partial charge in [-0.2, -0.15) is 5.26 Å². The van der Waals surface area contributed by atoms with Crippen molar-refractivity contribution in [2.24, 2.45) is 11.8 Å². The highest BCUT2D eigenvalue weighted by Crippen LogP contribution is 2.41. The van der Waals surface area contributed by atoms with Gasteiger partial charge in [0.1, 0.15) is 6.10 Å². The molecule has 0 aliphatic heterocycles. The van der Waals surface area contributed by atoms with Gasteiger partial charge in [-0.1, -0.05) is 55.0 Å². The van der Waals surface area contributed by atoms with E-state index in [1.54, 1.807) is 18.2 Å². The zero-order valence-electron chi connectivity index (χ0n) is 19.5. The third-order valence-corrected chi connectivity index (χ3v) is 6.42. The summed E-state index contributed by atoms with van der Waals surface area (Å²) in [7, 11) is 0. The van der Waals surface area contributed by atoms with Gasteiger partial charge in [0.2, 0.25) is 0 Å². The van der Waals surface area contributed by atoms with E-state index in [-0.39, 0.29) is 18.6 Å². The number of aliphatic hydroxyl groups is 2. The Morgan fingerprint density at radius 2 is 1.74 bits per heavy atom. The SMILES string of the molecule is N#CCCCCCC=C(O)[C@H]1[C@H](CC(=O)O)[C@H](O)C[C@@H]1OC(=O)c1ccccc1-c1ccccc1. The minimum absolute atomic E-state index is 0.0436. The molecule has 2 aromatic carbocycles. The quantitative estimate of drug-likeness (QED) is 0.229. The van der Waals surface area contributed by atoms with Gasteiger partial charge in [0, 0.05) is 18.8 Å². The summed E-state index contributed by atoms with van der Waals surface area (Å²) < 4.78 is 5.81. The van der Waals surface area contributed by atoms with E-state index in [2.05, 4.69) is 6.07 Å². The number of hydrogen-bond donors (Lipinski definition) is 3. The third kappa shape index (κ3) is 6.93. The van der Waals surface area contributed by atoms with E-state index >= 15 is 0 Å². The Kier molecular flexibility index (Phi) is 9.45. The van der Waals surface area contributed by atoms with Crippen molar-refractivity contribution in [2.75, 3.05) is 0 Å². The molecule has 0 amide bonds. The van der Waals surface area contributed by atoms with Gasteiger partial charge in [-0.15, -0.1) is 0 Å². The van der Waals surface area contributed by atoms with E-state index in [0.717, 1.165) is 24.8 Å². The molecule has 1 fully saturated rings. The number of carbonyl (C=O) groups is 2. The topological polar surface area (TPSA) is 128 Å². The average Bonchev–Trinajstić information content (AvgIpc) is 3.15. The molecule has 0 bridgehead atoms. The number of unbranched alkanes of at least 4 members (excludes halogenated alkanes) is 4. The summed E-state index contributed by atoms with van der Waals surface area (Å²) in [5.74, 6) is -3.34. The van der Waals surface area contributed by atoms with Crippen molar-refractivity contribution in [3.05, 3.63) is 72.0 Å². The maximum atomic E-state index is 13.2. The van der Waals surface area contributed by atoms with Crippen molar-refractivity contribution in [3.63, 3.8) is 0 Å². The monoisotopic (exact) mass is 477 g/mol. The van der Waals surface area contributed by atoms with E-state index in [0.29, 0.717) is 24.0 Å². The lowest BCUT2D eigenvalue weighted by atomic mass is 9.88. The molecule has 0 spiro atoms. The van der Waals surface area contributed by atoms with E-state index in [9.17, 15) is 24.9 Å². The third-order valence-electron chi connectivity index (χ3n) is 6.42. The van der Waals surface area contributed by atoms with E-state index in [4.69, 9.17) is 10.00 Å². The van der Waals surface area contributed by atoms with Crippen molar-refractivity contribution >= 4 is 11.9 Å². The lowest BCUT2D eigenvalue weighted by Gasteiger charge is -2.24. The second-order valence-corrected chi connectivity index (χ2v) is 8.83. The van der Waals surface area contributed by atoms with Gasteiger partial charge in [-0.3, -0.25) is 4.79 Å². The first-order chi connectivity index (χ1) is 16.9. The highest BCUT2D eigenvalue weighted by Gasteiger charge is 2.47. The number of hydrogen-bond acceptors (Lipinski definition) is 6. The Bertz CT molecular complexity index is 1070. The summed E-state index contributed by atoms with van der Waals surface area (Å²) in [6, 6.07) is 18.6. The highest BCUT2D eigenvalue weighted by atomic mass is 16.5. The second-order valence-electron chi connectivity index (χ2n) is 8.83. The fraction of sp³-hybridized carbons (Fsp3) is 0.393. The number of allylic oxidation sites excluding steroid dienone is 1. The number of aliphatic hydroxyl groups excluding tert-OH is 2. The van der Waals surface area contributed by atoms with Gasteiger partial charge in [0.05, 0.1) is 35.8 Å². The van der Waals surface area contributed by atoms with Gasteiger partial charge in [0.25, 0.3) is 0 Å². The molecule has 7 nitrogen and oxygen atoms in total. The molecule has 0 unspecified atom stereocenters. The molecule has 2 aromatic rings. The fourth-order valence-corrected chi connectivity index (χ4v) is 4.71. The van der Waals surface area contributed by atoms with E-state index in [1.807, 2.05) is 42.5 Å². The smallest absolute Gasteiger partial charge is 0.339 e. The summed E-state index contributed by atoms with van der Waals surface area (Å²) in [4.78, 5) is 24.6. The highest BCUT2D eigenvalue weighted by molar-refractivity contribution is 5.97. The molecule has 4 atom stereocenters. The van der Waals surface area contributed by atoms with Crippen LogP contribution in [0.3, 0.4) is 0 Å². The molecular formula is C28H31NO6. The van der Waals surface area contributed by atoms with Crippen LogP contribution in [0.15, 0.2) is 66.4 Å². The number of benzene rings is 2. The number of ether oxygens (including phenoxy) is 1. The molecular weight excluding hydrogens is 446 g/mol. The molecule has 1 saturated carbocycles. The molecule has 0 radical (unpaired) electrons. The zero-order chi connectivity index (χ0) is 25.2. The Morgan fingerprint density at radius 3 is 2.46 bits per heavy atom. The fourth-order valence-electron chi connectivity index (χ4n) is 4.71. The average molecular weight is 478 g/mol.